The van der Waals surface area contributed by atoms with Crippen molar-refractivity contribution in [2.45, 2.75) is 299 Å². The topological polar surface area (TPSA) is 289 Å². The van der Waals surface area contributed by atoms with Crippen LogP contribution in [-0.4, -0.2) is 151 Å². The predicted octanol–water partition coefficient (Wildman–Crippen LogP) is 7.50. The van der Waals surface area contributed by atoms with E-state index >= 15 is 0 Å². The minimum atomic E-state index is -5.37. The number of aliphatic hydroxyl groups excluding tert-OH is 8. The molecule has 71 heavy (non-hydrogen) atoms. The highest BCUT2D eigenvalue weighted by molar-refractivity contribution is 7.47. The standard InChI is InChI=1S/C52H99O18P/c1-3-5-7-9-11-13-15-17-19-20-21-23-24-26-28-30-32-34-41(54)65-37-39(67-42(55)35-33-31-29-27-25-22-18-16-14-12-10-8-6-4-2)38-66-71(63,64)70-51-48(61)46(59)45(58)47(60)50(51)69-52-49(62)44(57)43(56)40(36-53)68-52/h39-40,43-53,56-62H,3-38H2,1-2H3,(H,63,64). The molecule has 2 fully saturated rings. The van der Waals surface area contributed by atoms with Gasteiger partial charge in [0.2, 0.25) is 0 Å². The molecule has 1 saturated carbocycles. The van der Waals surface area contributed by atoms with Crippen LogP contribution in [0.15, 0.2) is 0 Å². The summed E-state index contributed by atoms with van der Waals surface area (Å²) < 4.78 is 45.6. The van der Waals surface area contributed by atoms with Crippen LogP contribution >= 0.6 is 7.82 Å². The summed E-state index contributed by atoms with van der Waals surface area (Å²) in [6, 6.07) is 0. The van der Waals surface area contributed by atoms with Crippen molar-refractivity contribution in [2.24, 2.45) is 0 Å². The van der Waals surface area contributed by atoms with Gasteiger partial charge >= 0.3 is 19.8 Å². The quantitative estimate of drug-likeness (QED) is 0.0162. The predicted molar refractivity (Wildman–Crippen MR) is 268 cm³/mol. The molecule has 1 aliphatic carbocycles. The van der Waals surface area contributed by atoms with E-state index in [9.17, 15) is 59.9 Å². The number of aliphatic hydroxyl groups is 8. The van der Waals surface area contributed by atoms with Gasteiger partial charge in [-0.05, 0) is 12.8 Å². The van der Waals surface area contributed by atoms with Crippen LogP contribution in [-0.2, 0) is 42.1 Å². The summed E-state index contributed by atoms with van der Waals surface area (Å²) in [6.45, 7) is 2.27. The third-order valence-electron chi connectivity index (χ3n) is 13.8. The van der Waals surface area contributed by atoms with E-state index in [4.69, 9.17) is 28.0 Å². The number of rotatable bonds is 44. The van der Waals surface area contributed by atoms with E-state index in [0.717, 1.165) is 51.4 Å². The van der Waals surface area contributed by atoms with Crippen LogP contribution in [0.5, 0.6) is 0 Å². The SMILES string of the molecule is CCCCCCCCCCCCCCCCCCCC(=O)OCC(COP(=O)(O)OC1C(O)C(O)C(O)C(O)C1OC1OC(CO)C(O)C(O)C1O)OC(=O)CCCCCCCCCCCCCCCC. The van der Waals surface area contributed by atoms with E-state index < -0.39 is 113 Å². The van der Waals surface area contributed by atoms with Gasteiger partial charge in [-0.25, -0.2) is 4.57 Å². The van der Waals surface area contributed by atoms with Gasteiger partial charge in [0, 0.05) is 12.8 Å². The highest BCUT2D eigenvalue weighted by atomic mass is 31.2. The molecule has 1 saturated heterocycles. The molecule has 0 amide bonds. The van der Waals surface area contributed by atoms with Gasteiger partial charge in [-0.1, -0.05) is 200 Å². The van der Waals surface area contributed by atoms with Crippen LogP contribution in [0.4, 0.5) is 0 Å². The van der Waals surface area contributed by atoms with Crippen molar-refractivity contribution in [3.05, 3.63) is 0 Å². The molecular formula is C52H99O18P. The Hall–Kier alpha value is -1.35. The minimum absolute atomic E-state index is 0.0400. The summed E-state index contributed by atoms with van der Waals surface area (Å²) in [4.78, 5) is 36.7. The Morgan fingerprint density at radius 3 is 1.25 bits per heavy atom. The number of unbranched alkanes of at least 4 members (excludes halogenated alkanes) is 29. The Morgan fingerprint density at radius 2 is 0.845 bits per heavy atom. The summed E-state index contributed by atoms with van der Waals surface area (Å²) in [6.07, 6.45) is 13.1. The molecule has 2 aliphatic rings. The molecule has 1 aliphatic heterocycles. The number of hydrogen-bond donors (Lipinski definition) is 9. The number of esters is 2. The molecular weight excluding hydrogens is 944 g/mol. The van der Waals surface area contributed by atoms with Gasteiger partial charge in [0.25, 0.3) is 0 Å². The molecule has 9 N–H and O–H groups in total. The van der Waals surface area contributed by atoms with Crippen molar-refractivity contribution in [3.63, 3.8) is 0 Å². The lowest BCUT2D eigenvalue weighted by Gasteiger charge is -2.47. The number of ether oxygens (including phenoxy) is 4. The molecule has 2 rings (SSSR count). The zero-order chi connectivity index (χ0) is 52.3. The molecule has 0 bridgehead atoms. The van der Waals surface area contributed by atoms with Crippen molar-refractivity contribution in [3.8, 4) is 0 Å². The largest absolute Gasteiger partial charge is 0.472 e. The van der Waals surface area contributed by atoms with Crippen LogP contribution in [0, 0.1) is 0 Å². The van der Waals surface area contributed by atoms with E-state index in [1.165, 1.54) is 135 Å². The third-order valence-corrected chi connectivity index (χ3v) is 14.8. The smallest absolute Gasteiger partial charge is 0.462 e. The number of carbonyl (C=O) groups excluding carboxylic acids is 2. The zero-order valence-corrected chi connectivity index (χ0v) is 44.4. The number of carbonyl (C=O) groups is 2. The highest BCUT2D eigenvalue weighted by Gasteiger charge is 2.55. The molecule has 13 unspecified atom stereocenters. The Morgan fingerprint density at radius 1 is 0.479 bits per heavy atom. The summed E-state index contributed by atoms with van der Waals surface area (Å²) in [5.74, 6) is -1.20. The van der Waals surface area contributed by atoms with Crippen molar-refractivity contribution >= 4 is 19.8 Å². The lowest BCUT2D eigenvalue weighted by molar-refractivity contribution is -0.338. The van der Waals surface area contributed by atoms with Gasteiger partial charge in [-0.3, -0.25) is 18.6 Å². The molecule has 18 nitrogen and oxygen atoms in total. The van der Waals surface area contributed by atoms with Crippen molar-refractivity contribution < 1.29 is 87.9 Å². The first-order valence-electron chi connectivity index (χ1n) is 27.9. The second kappa shape index (κ2) is 40.0. The molecule has 1 heterocycles. The van der Waals surface area contributed by atoms with Crippen LogP contribution in [0.3, 0.4) is 0 Å². The number of phosphoric acid groups is 1. The summed E-state index contributed by atoms with van der Waals surface area (Å²) >= 11 is 0. The van der Waals surface area contributed by atoms with Crippen LogP contribution in [0.2, 0.25) is 0 Å². The van der Waals surface area contributed by atoms with Gasteiger partial charge in [0.05, 0.1) is 13.2 Å². The molecule has 420 valence electrons. The van der Waals surface area contributed by atoms with E-state index in [0.29, 0.717) is 12.8 Å². The second-order valence-electron chi connectivity index (χ2n) is 20.1. The van der Waals surface area contributed by atoms with Crippen molar-refractivity contribution in [2.75, 3.05) is 19.8 Å². The van der Waals surface area contributed by atoms with E-state index in [1.807, 2.05) is 0 Å². The Kier molecular flexibility index (Phi) is 37.0. The molecule has 0 radical (unpaired) electrons. The molecule has 0 aromatic heterocycles. The fraction of sp³-hybridized carbons (Fsp3) is 0.962. The molecule has 13 atom stereocenters. The first-order chi connectivity index (χ1) is 34.2. The van der Waals surface area contributed by atoms with Crippen molar-refractivity contribution in [1.29, 1.82) is 0 Å². The summed E-state index contributed by atoms with van der Waals surface area (Å²) in [7, 11) is -5.37. The maximum absolute atomic E-state index is 13.4. The first-order valence-corrected chi connectivity index (χ1v) is 29.4. The van der Waals surface area contributed by atoms with Crippen molar-refractivity contribution in [1.82, 2.24) is 0 Å². The number of phosphoric ester groups is 1. The van der Waals surface area contributed by atoms with E-state index in [-0.39, 0.29) is 12.8 Å². The molecule has 0 aromatic rings. The van der Waals surface area contributed by atoms with Gasteiger partial charge in [-0.2, -0.15) is 0 Å². The fourth-order valence-corrected chi connectivity index (χ4v) is 10.2. The van der Waals surface area contributed by atoms with Gasteiger partial charge in [-0.15, -0.1) is 0 Å². The van der Waals surface area contributed by atoms with Crippen LogP contribution < -0.4 is 0 Å². The molecule has 0 aromatic carbocycles. The lowest BCUT2D eigenvalue weighted by Crippen LogP contribution is -2.67. The fourth-order valence-electron chi connectivity index (χ4n) is 9.24. The van der Waals surface area contributed by atoms with E-state index in [1.54, 1.807) is 0 Å². The average molecular weight is 1040 g/mol. The van der Waals surface area contributed by atoms with Gasteiger partial charge in [0.1, 0.15) is 67.6 Å². The van der Waals surface area contributed by atoms with Crippen LogP contribution in [0.25, 0.3) is 0 Å². The van der Waals surface area contributed by atoms with Gasteiger partial charge in [0.15, 0.2) is 12.4 Å². The Bertz CT molecular complexity index is 1380. The monoisotopic (exact) mass is 1040 g/mol. The normalized spacial score (nSPS) is 27.1. The van der Waals surface area contributed by atoms with Gasteiger partial charge < -0.3 is 64.7 Å². The zero-order valence-electron chi connectivity index (χ0n) is 43.5. The molecule has 0 spiro atoms. The van der Waals surface area contributed by atoms with E-state index in [2.05, 4.69) is 13.8 Å². The summed E-state index contributed by atoms with van der Waals surface area (Å²) in [5.41, 5.74) is 0. The maximum atomic E-state index is 13.4. The lowest BCUT2D eigenvalue weighted by atomic mass is 9.84. The Balaban J connectivity index is 1.89. The average Bonchev–Trinajstić information content (AvgIpc) is 3.35. The molecule has 19 heteroatoms. The maximum Gasteiger partial charge on any atom is 0.472 e. The van der Waals surface area contributed by atoms with Crippen LogP contribution in [0.1, 0.15) is 226 Å². The third kappa shape index (κ3) is 28.4. The Labute approximate surface area is 425 Å². The highest BCUT2D eigenvalue weighted by Crippen LogP contribution is 2.48. The minimum Gasteiger partial charge on any atom is -0.462 e. The summed E-state index contributed by atoms with van der Waals surface area (Å²) in [5, 5.41) is 83.1. The second-order valence-corrected chi connectivity index (χ2v) is 21.5. The first kappa shape index (κ1) is 65.8. The number of hydrogen-bond acceptors (Lipinski definition) is 17.